The zero-order valence-corrected chi connectivity index (χ0v) is 11.0. The molecule has 1 unspecified atom stereocenters. The van der Waals surface area contributed by atoms with E-state index < -0.39 is 6.04 Å². The number of piperazine rings is 1. The Labute approximate surface area is 108 Å². The van der Waals surface area contributed by atoms with Gasteiger partial charge in [-0.25, -0.2) is 0 Å². The van der Waals surface area contributed by atoms with E-state index in [1.54, 1.807) is 5.38 Å². The summed E-state index contributed by atoms with van der Waals surface area (Å²) in [6.45, 7) is 4.09. The molecule has 1 aliphatic heterocycles. The molecule has 98 valence electrons. The lowest BCUT2D eigenvalue weighted by molar-refractivity contribution is -0.148. The molecule has 6 nitrogen and oxygen atoms in total. The molecule has 2 N–H and O–H groups in total. The SMILES string of the molecule is CC(C)C1C(=O)NCC(=O)N1Cc1csc(=O)[nH]1. The van der Waals surface area contributed by atoms with Crippen LogP contribution in [0.2, 0.25) is 0 Å². The van der Waals surface area contributed by atoms with Gasteiger partial charge in [-0.15, -0.1) is 0 Å². The van der Waals surface area contributed by atoms with Gasteiger partial charge in [-0.2, -0.15) is 0 Å². The number of H-pyrrole nitrogens is 1. The van der Waals surface area contributed by atoms with E-state index in [0.29, 0.717) is 5.69 Å². The van der Waals surface area contributed by atoms with Crippen molar-refractivity contribution in [1.29, 1.82) is 0 Å². The van der Waals surface area contributed by atoms with E-state index in [1.807, 2.05) is 13.8 Å². The number of carbonyl (C=O) groups is 2. The minimum Gasteiger partial charge on any atom is -0.345 e. The first-order valence-electron chi connectivity index (χ1n) is 5.73. The van der Waals surface area contributed by atoms with Gasteiger partial charge in [-0.1, -0.05) is 25.2 Å². The molecule has 2 amide bonds. The summed E-state index contributed by atoms with van der Waals surface area (Å²) in [6.07, 6.45) is 0. The summed E-state index contributed by atoms with van der Waals surface area (Å²) < 4.78 is 0. The van der Waals surface area contributed by atoms with Crippen molar-refractivity contribution in [2.24, 2.45) is 5.92 Å². The maximum Gasteiger partial charge on any atom is 0.304 e. The third-order valence-electron chi connectivity index (χ3n) is 2.88. The van der Waals surface area contributed by atoms with Crippen LogP contribution in [-0.4, -0.2) is 34.3 Å². The third-order valence-corrected chi connectivity index (χ3v) is 3.60. The van der Waals surface area contributed by atoms with Crippen LogP contribution in [0.25, 0.3) is 0 Å². The van der Waals surface area contributed by atoms with Crippen LogP contribution in [-0.2, 0) is 16.1 Å². The highest BCUT2D eigenvalue weighted by atomic mass is 32.1. The van der Waals surface area contributed by atoms with Crippen LogP contribution in [0, 0.1) is 5.92 Å². The van der Waals surface area contributed by atoms with E-state index in [9.17, 15) is 14.4 Å². The highest BCUT2D eigenvalue weighted by molar-refractivity contribution is 7.07. The summed E-state index contributed by atoms with van der Waals surface area (Å²) in [4.78, 5) is 38.8. The monoisotopic (exact) mass is 269 g/mol. The number of nitrogens with zero attached hydrogens (tertiary/aromatic N) is 1. The molecule has 1 fully saturated rings. The van der Waals surface area contributed by atoms with Crippen molar-refractivity contribution in [3.63, 3.8) is 0 Å². The van der Waals surface area contributed by atoms with Crippen LogP contribution < -0.4 is 10.2 Å². The molecule has 0 aromatic carbocycles. The lowest BCUT2D eigenvalue weighted by Crippen LogP contribution is -2.59. The minimum atomic E-state index is -0.477. The van der Waals surface area contributed by atoms with Crippen LogP contribution >= 0.6 is 11.3 Å². The van der Waals surface area contributed by atoms with Gasteiger partial charge in [0.1, 0.15) is 6.04 Å². The van der Waals surface area contributed by atoms with Gasteiger partial charge in [0.05, 0.1) is 13.1 Å². The average Bonchev–Trinajstić information content (AvgIpc) is 2.69. The molecule has 1 saturated heterocycles. The average molecular weight is 269 g/mol. The summed E-state index contributed by atoms with van der Waals surface area (Å²) in [5.74, 6) is -0.234. The molecular weight excluding hydrogens is 254 g/mol. The van der Waals surface area contributed by atoms with Crippen molar-refractivity contribution in [2.75, 3.05) is 6.54 Å². The number of amides is 2. The number of hydrogen-bond donors (Lipinski definition) is 2. The Morgan fingerprint density at radius 3 is 2.72 bits per heavy atom. The van der Waals surface area contributed by atoms with Crippen molar-refractivity contribution in [3.05, 3.63) is 20.7 Å². The molecular formula is C11H15N3O3S. The molecule has 1 aliphatic rings. The maximum absolute atomic E-state index is 11.9. The summed E-state index contributed by atoms with van der Waals surface area (Å²) in [6, 6.07) is -0.477. The first-order valence-corrected chi connectivity index (χ1v) is 6.61. The highest BCUT2D eigenvalue weighted by Gasteiger charge is 2.36. The predicted molar refractivity (Wildman–Crippen MR) is 67.1 cm³/mol. The van der Waals surface area contributed by atoms with Crippen molar-refractivity contribution < 1.29 is 9.59 Å². The smallest absolute Gasteiger partial charge is 0.304 e. The second-order valence-electron chi connectivity index (χ2n) is 4.60. The Morgan fingerprint density at radius 2 is 2.17 bits per heavy atom. The van der Waals surface area contributed by atoms with Crippen molar-refractivity contribution in [3.8, 4) is 0 Å². The molecule has 0 saturated carbocycles. The van der Waals surface area contributed by atoms with Gasteiger partial charge >= 0.3 is 4.87 Å². The second kappa shape index (κ2) is 4.93. The fraction of sp³-hybridized carbons (Fsp3) is 0.545. The van der Waals surface area contributed by atoms with Gasteiger partial charge in [0.2, 0.25) is 11.8 Å². The number of thiazole rings is 1. The summed E-state index contributed by atoms with van der Waals surface area (Å²) >= 11 is 1.06. The van der Waals surface area contributed by atoms with Crippen LogP contribution in [0.3, 0.4) is 0 Å². The first-order chi connectivity index (χ1) is 8.49. The molecule has 0 spiro atoms. The molecule has 2 rings (SSSR count). The van der Waals surface area contributed by atoms with Gasteiger partial charge in [-0.05, 0) is 5.92 Å². The second-order valence-corrected chi connectivity index (χ2v) is 5.44. The van der Waals surface area contributed by atoms with Gasteiger partial charge in [0, 0.05) is 11.1 Å². The Bertz CT molecular complexity index is 520. The van der Waals surface area contributed by atoms with Gasteiger partial charge in [0.15, 0.2) is 0 Å². The molecule has 18 heavy (non-hydrogen) atoms. The van der Waals surface area contributed by atoms with Crippen LogP contribution in [0.4, 0.5) is 0 Å². The Morgan fingerprint density at radius 1 is 1.44 bits per heavy atom. The summed E-state index contributed by atoms with van der Waals surface area (Å²) in [5.41, 5.74) is 0.665. The van der Waals surface area contributed by atoms with Gasteiger partial charge in [-0.3, -0.25) is 14.4 Å². The van der Waals surface area contributed by atoms with E-state index in [4.69, 9.17) is 0 Å². The predicted octanol–water partition coefficient (Wildman–Crippen LogP) is -0.0806. The maximum atomic E-state index is 11.9. The Hall–Kier alpha value is -1.63. The normalized spacial score (nSPS) is 20.4. The zero-order chi connectivity index (χ0) is 13.3. The largest absolute Gasteiger partial charge is 0.345 e. The first kappa shape index (κ1) is 12.8. The Kier molecular flexibility index (Phi) is 3.51. The number of hydrogen-bond acceptors (Lipinski definition) is 4. The molecule has 0 radical (unpaired) electrons. The van der Waals surface area contributed by atoms with Crippen LogP contribution in [0.15, 0.2) is 10.2 Å². The lowest BCUT2D eigenvalue weighted by Gasteiger charge is -2.36. The fourth-order valence-electron chi connectivity index (χ4n) is 2.09. The van der Waals surface area contributed by atoms with Crippen LogP contribution in [0.1, 0.15) is 19.5 Å². The van der Waals surface area contributed by atoms with E-state index in [-0.39, 0.29) is 35.7 Å². The molecule has 0 bridgehead atoms. The van der Waals surface area contributed by atoms with E-state index in [1.165, 1.54) is 4.90 Å². The number of rotatable bonds is 3. The molecule has 1 aromatic heterocycles. The van der Waals surface area contributed by atoms with Gasteiger partial charge in [0.25, 0.3) is 0 Å². The van der Waals surface area contributed by atoms with Gasteiger partial charge < -0.3 is 15.2 Å². The topological polar surface area (TPSA) is 82.3 Å². The zero-order valence-electron chi connectivity index (χ0n) is 10.2. The lowest BCUT2D eigenvalue weighted by atomic mass is 9.99. The summed E-state index contributed by atoms with van der Waals surface area (Å²) in [7, 11) is 0. The highest BCUT2D eigenvalue weighted by Crippen LogP contribution is 2.17. The fourth-order valence-corrected chi connectivity index (χ4v) is 2.66. The molecule has 1 aromatic rings. The van der Waals surface area contributed by atoms with Crippen molar-refractivity contribution >= 4 is 23.2 Å². The van der Waals surface area contributed by atoms with E-state index in [0.717, 1.165) is 11.3 Å². The van der Waals surface area contributed by atoms with Crippen molar-refractivity contribution in [2.45, 2.75) is 26.4 Å². The summed E-state index contributed by atoms with van der Waals surface area (Å²) in [5, 5.41) is 4.26. The Balaban J connectivity index is 2.23. The third kappa shape index (κ3) is 2.45. The number of aromatic amines is 1. The van der Waals surface area contributed by atoms with Crippen LogP contribution in [0.5, 0.6) is 0 Å². The molecule has 2 heterocycles. The molecule has 7 heteroatoms. The minimum absolute atomic E-state index is 0.0242. The van der Waals surface area contributed by atoms with E-state index in [2.05, 4.69) is 10.3 Å². The van der Waals surface area contributed by atoms with Crippen molar-refractivity contribution in [1.82, 2.24) is 15.2 Å². The molecule has 1 atom stereocenters. The quantitative estimate of drug-likeness (QED) is 0.805. The molecule has 0 aliphatic carbocycles. The number of nitrogens with one attached hydrogen (secondary N) is 2. The number of carbonyl (C=O) groups excluding carboxylic acids is 2. The standard InChI is InChI=1S/C11H15N3O3S/c1-6(2)9-10(16)12-3-8(15)14(9)4-7-5-18-11(17)13-7/h5-6,9H,3-4H2,1-2H3,(H,12,16)(H,13,17). The van der Waals surface area contributed by atoms with E-state index >= 15 is 0 Å². The number of aromatic nitrogens is 1.